The van der Waals surface area contributed by atoms with E-state index in [4.69, 9.17) is 9.26 Å². The monoisotopic (exact) mass is 327 g/mol. The van der Waals surface area contributed by atoms with Gasteiger partial charge in [0, 0.05) is 30.2 Å². The molecule has 2 heterocycles. The maximum Gasteiger partial charge on any atom is 0.224 e. The highest BCUT2D eigenvalue weighted by Gasteiger charge is 2.13. The van der Waals surface area contributed by atoms with Crippen LogP contribution < -0.4 is 10.1 Å². The third-order valence-electron chi connectivity index (χ3n) is 4.19. The van der Waals surface area contributed by atoms with Gasteiger partial charge in [-0.1, -0.05) is 11.2 Å². The quantitative estimate of drug-likeness (QED) is 0.755. The SMILES string of the molecule is COc1cccc2c1ccn2CCNC(=O)Cc1c(C)noc1C. The van der Waals surface area contributed by atoms with Crippen LogP contribution in [0.15, 0.2) is 35.0 Å². The predicted octanol–water partition coefficient (Wildman–Crippen LogP) is 2.61. The van der Waals surface area contributed by atoms with E-state index in [1.54, 1.807) is 7.11 Å². The van der Waals surface area contributed by atoms with Crippen molar-refractivity contribution in [3.63, 3.8) is 0 Å². The summed E-state index contributed by atoms with van der Waals surface area (Å²) >= 11 is 0. The van der Waals surface area contributed by atoms with E-state index in [9.17, 15) is 4.79 Å². The fraction of sp³-hybridized carbons (Fsp3) is 0.333. The van der Waals surface area contributed by atoms with Gasteiger partial charge in [0.15, 0.2) is 0 Å². The zero-order chi connectivity index (χ0) is 17.1. The van der Waals surface area contributed by atoms with E-state index in [2.05, 4.69) is 15.0 Å². The summed E-state index contributed by atoms with van der Waals surface area (Å²) in [4.78, 5) is 12.1. The summed E-state index contributed by atoms with van der Waals surface area (Å²) in [6, 6.07) is 7.98. The summed E-state index contributed by atoms with van der Waals surface area (Å²) in [5.41, 5.74) is 2.73. The molecule has 24 heavy (non-hydrogen) atoms. The number of rotatable bonds is 6. The Morgan fingerprint density at radius 1 is 1.33 bits per heavy atom. The molecule has 1 amide bonds. The second-order valence-electron chi connectivity index (χ2n) is 5.73. The number of methoxy groups -OCH3 is 1. The van der Waals surface area contributed by atoms with Crippen molar-refractivity contribution < 1.29 is 14.1 Å². The first-order valence-corrected chi connectivity index (χ1v) is 7.90. The second-order valence-corrected chi connectivity index (χ2v) is 5.73. The molecule has 0 radical (unpaired) electrons. The standard InChI is InChI=1S/C18H21N3O3/c1-12-15(13(2)24-20-12)11-18(22)19-8-10-21-9-7-14-16(21)5-4-6-17(14)23-3/h4-7,9H,8,10-11H2,1-3H3,(H,19,22). The molecule has 0 spiro atoms. The Hall–Kier alpha value is -2.76. The van der Waals surface area contributed by atoms with Crippen LogP contribution in [0.2, 0.25) is 0 Å². The van der Waals surface area contributed by atoms with Crippen LogP contribution in [0.1, 0.15) is 17.0 Å². The molecule has 1 aromatic carbocycles. The highest BCUT2D eigenvalue weighted by molar-refractivity contribution is 5.86. The summed E-state index contributed by atoms with van der Waals surface area (Å²) < 4.78 is 12.6. The van der Waals surface area contributed by atoms with Crippen molar-refractivity contribution >= 4 is 16.8 Å². The zero-order valence-electron chi connectivity index (χ0n) is 14.1. The van der Waals surface area contributed by atoms with Crippen LogP contribution in [0.4, 0.5) is 0 Å². The van der Waals surface area contributed by atoms with Gasteiger partial charge in [-0.05, 0) is 32.0 Å². The summed E-state index contributed by atoms with van der Waals surface area (Å²) in [7, 11) is 1.67. The molecular formula is C18H21N3O3. The Morgan fingerprint density at radius 2 is 2.17 bits per heavy atom. The van der Waals surface area contributed by atoms with E-state index in [1.807, 2.05) is 44.3 Å². The van der Waals surface area contributed by atoms with Crippen LogP contribution in [0.5, 0.6) is 5.75 Å². The molecule has 0 saturated carbocycles. The number of ether oxygens (including phenoxy) is 1. The molecule has 1 N–H and O–H groups in total. The Labute approximate surface area is 140 Å². The molecule has 0 fully saturated rings. The number of aryl methyl sites for hydroxylation is 2. The van der Waals surface area contributed by atoms with Crippen molar-refractivity contribution in [3.05, 3.63) is 47.5 Å². The number of nitrogens with zero attached hydrogens (tertiary/aromatic N) is 2. The number of aromatic nitrogens is 2. The average Bonchev–Trinajstić information content (AvgIpc) is 3.13. The Bertz CT molecular complexity index is 844. The maximum absolute atomic E-state index is 12.1. The summed E-state index contributed by atoms with van der Waals surface area (Å²) in [6.07, 6.45) is 2.30. The number of hydrogen-bond donors (Lipinski definition) is 1. The van der Waals surface area contributed by atoms with Gasteiger partial charge < -0.3 is 19.1 Å². The van der Waals surface area contributed by atoms with Crippen molar-refractivity contribution in [2.75, 3.05) is 13.7 Å². The normalized spacial score (nSPS) is 11.0. The van der Waals surface area contributed by atoms with Crippen LogP contribution in [-0.2, 0) is 17.8 Å². The second kappa shape index (κ2) is 6.78. The lowest BCUT2D eigenvalue weighted by molar-refractivity contribution is -0.120. The topological polar surface area (TPSA) is 69.3 Å². The average molecular weight is 327 g/mol. The predicted molar refractivity (Wildman–Crippen MR) is 91.2 cm³/mol. The lowest BCUT2D eigenvalue weighted by atomic mass is 10.1. The lowest BCUT2D eigenvalue weighted by Gasteiger charge is -2.08. The van der Waals surface area contributed by atoms with Gasteiger partial charge in [0.1, 0.15) is 11.5 Å². The van der Waals surface area contributed by atoms with E-state index in [0.29, 0.717) is 25.3 Å². The Kier molecular flexibility index (Phi) is 4.55. The number of hydrogen-bond acceptors (Lipinski definition) is 4. The molecule has 3 aromatic rings. The molecule has 2 aromatic heterocycles. The molecule has 0 saturated heterocycles. The number of nitrogens with one attached hydrogen (secondary N) is 1. The van der Waals surface area contributed by atoms with Gasteiger partial charge >= 0.3 is 0 Å². The van der Waals surface area contributed by atoms with E-state index >= 15 is 0 Å². The molecule has 0 aliphatic heterocycles. The van der Waals surface area contributed by atoms with Crippen LogP contribution >= 0.6 is 0 Å². The van der Waals surface area contributed by atoms with Crippen molar-refractivity contribution in [1.82, 2.24) is 15.0 Å². The minimum Gasteiger partial charge on any atom is -0.496 e. The van der Waals surface area contributed by atoms with E-state index < -0.39 is 0 Å². The number of benzene rings is 1. The summed E-state index contributed by atoms with van der Waals surface area (Å²) in [6.45, 7) is 4.92. The third kappa shape index (κ3) is 3.13. The van der Waals surface area contributed by atoms with Crippen LogP contribution in [0, 0.1) is 13.8 Å². The van der Waals surface area contributed by atoms with Gasteiger partial charge in [-0.25, -0.2) is 0 Å². The molecule has 0 aliphatic rings. The van der Waals surface area contributed by atoms with Crippen molar-refractivity contribution in [2.24, 2.45) is 0 Å². The number of amides is 1. The Morgan fingerprint density at radius 3 is 2.88 bits per heavy atom. The molecule has 6 heteroatoms. The molecule has 6 nitrogen and oxygen atoms in total. The Balaban J connectivity index is 1.60. The zero-order valence-corrected chi connectivity index (χ0v) is 14.1. The van der Waals surface area contributed by atoms with Crippen molar-refractivity contribution in [2.45, 2.75) is 26.8 Å². The van der Waals surface area contributed by atoms with Crippen LogP contribution in [-0.4, -0.2) is 29.3 Å². The smallest absolute Gasteiger partial charge is 0.224 e. The van der Waals surface area contributed by atoms with E-state index in [1.165, 1.54) is 0 Å². The summed E-state index contributed by atoms with van der Waals surface area (Å²) in [5, 5.41) is 7.89. The number of carbonyl (C=O) groups is 1. The molecule has 0 unspecified atom stereocenters. The van der Waals surface area contributed by atoms with Gasteiger partial charge in [-0.15, -0.1) is 0 Å². The van der Waals surface area contributed by atoms with Crippen molar-refractivity contribution in [1.29, 1.82) is 0 Å². The van der Waals surface area contributed by atoms with Gasteiger partial charge in [0.25, 0.3) is 0 Å². The van der Waals surface area contributed by atoms with Crippen LogP contribution in [0.25, 0.3) is 10.9 Å². The van der Waals surface area contributed by atoms with Gasteiger partial charge in [-0.2, -0.15) is 0 Å². The van der Waals surface area contributed by atoms with Crippen molar-refractivity contribution in [3.8, 4) is 5.75 Å². The first kappa shape index (κ1) is 16.1. The maximum atomic E-state index is 12.1. The molecule has 0 bridgehead atoms. The first-order valence-electron chi connectivity index (χ1n) is 7.90. The fourth-order valence-corrected chi connectivity index (χ4v) is 2.86. The molecule has 0 aliphatic carbocycles. The van der Waals surface area contributed by atoms with Gasteiger partial charge in [0.05, 0.1) is 24.7 Å². The highest BCUT2D eigenvalue weighted by Crippen LogP contribution is 2.25. The lowest BCUT2D eigenvalue weighted by Crippen LogP contribution is -2.28. The molecule has 3 rings (SSSR count). The van der Waals surface area contributed by atoms with E-state index in [0.717, 1.165) is 27.9 Å². The molecule has 0 atom stereocenters. The van der Waals surface area contributed by atoms with Gasteiger partial charge in [0.2, 0.25) is 5.91 Å². The van der Waals surface area contributed by atoms with E-state index in [-0.39, 0.29) is 5.91 Å². The largest absolute Gasteiger partial charge is 0.496 e. The van der Waals surface area contributed by atoms with Gasteiger partial charge in [-0.3, -0.25) is 4.79 Å². The minimum atomic E-state index is -0.0292. The first-order chi connectivity index (χ1) is 11.6. The fourth-order valence-electron chi connectivity index (χ4n) is 2.86. The number of fused-ring (bicyclic) bond motifs is 1. The molecule has 126 valence electrons. The third-order valence-corrected chi connectivity index (χ3v) is 4.19. The number of carbonyl (C=O) groups excluding carboxylic acids is 1. The van der Waals surface area contributed by atoms with Crippen LogP contribution in [0.3, 0.4) is 0 Å². The minimum absolute atomic E-state index is 0.0292. The molecular weight excluding hydrogens is 306 g/mol. The summed E-state index contributed by atoms with van der Waals surface area (Å²) in [5.74, 6) is 1.53. The highest BCUT2D eigenvalue weighted by atomic mass is 16.5.